The number of carboxylic acid groups (broad SMARTS) is 1. The van der Waals surface area contributed by atoms with E-state index in [1.165, 1.54) is 29.9 Å². The van der Waals surface area contributed by atoms with Gasteiger partial charge in [0, 0.05) is 19.3 Å². The molecule has 1 amide bonds. The van der Waals surface area contributed by atoms with Gasteiger partial charge in [0.25, 0.3) is 5.91 Å². The van der Waals surface area contributed by atoms with Crippen molar-refractivity contribution < 1.29 is 14.7 Å². The number of hydrogen-bond acceptors (Lipinski definition) is 3. The molecule has 0 spiro atoms. The van der Waals surface area contributed by atoms with Gasteiger partial charge in [-0.25, -0.2) is 4.79 Å². The van der Waals surface area contributed by atoms with Crippen molar-refractivity contribution >= 4 is 11.9 Å². The second-order valence-corrected chi connectivity index (χ2v) is 6.33. The number of aromatic nitrogens is 1. The molecule has 1 rings (SSSR count). The van der Waals surface area contributed by atoms with Gasteiger partial charge in [-0.3, -0.25) is 9.59 Å². The van der Waals surface area contributed by atoms with Crippen LogP contribution >= 0.6 is 0 Å². The quantitative estimate of drug-likeness (QED) is 0.859. The number of carboxylic acids is 1. The summed E-state index contributed by atoms with van der Waals surface area (Å²) in [6, 6.07) is 1.73. The third-order valence-electron chi connectivity index (χ3n) is 3.13. The summed E-state index contributed by atoms with van der Waals surface area (Å²) in [5, 5.41) is 11.7. The van der Waals surface area contributed by atoms with E-state index in [9.17, 15) is 19.5 Å². The van der Waals surface area contributed by atoms with Crippen LogP contribution in [0.3, 0.4) is 0 Å². The molecule has 0 radical (unpaired) electrons. The molecule has 1 aromatic heterocycles. The lowest BCUT2D eigenvalue weighted by Gasteiger charge is -2.21. The Bertz CT molecular complexity index is 584. The Balaban J connectivity index is 2.79. The number of nitrogens with one attached hydrogen (secondary N) is 1. The van der Waals surface area contributed by atoms with E-state index >= 15 is 0 Å². The lowest BCUT2D eigenvalue weighted by atomic mass is 9.88. The summed E-state index contributed by atoms with van der Waals surface area (Å²) < 4.78 is 1.28. The molecule has 2 N–H and O–H groups in total. The summed E-state index contributed by atoms with van der Waals surface area (Å²) in [6.45, 7) is 6.04. The number of carbonyl (C=O) groups excluding carboxylic acids is 1. The Hall–Kier alpha value is -2.11. The van der Waals surface area contributed by atoms with Crippen molar-refractivity contribution in [1.29, 1.82) is 0 Å². The maximum atomic E-state index is 12.1. The average molecular weight is 294 g/mol. The molecule has 0 aliphatic carbocycles. The smallest absolute Gasteiger partial charge is 0.326 e. The van der Waals surface area contributed by atoms with Crippen molar-refractivity contribution in [3.63, 3.8) is 0 Å². The first-order chi connectivity index (χ1) is 9.60. The van der Waals surface area contributed by atoms with Gasteiger partial charge >= 0.3 is 5.97 Å². The molecule has 1 aromatic rings. The van der Waals surface area contributed by atoms with Crippen LogP contribution in [0.5, 0.6) is 0 Å². The topological polar surface area (TPSA) is 88.4 Å². The summed E-state index contributed by atoms with van der Waals surface area (Å²) in [7, 11) is 1.54. The third-order valence-corrected chi connectivity index (χ3v) is 3.13. The minimum absolute atomic E-state index is 0.00489. The van der Waals surface area contributed by atoms with Crippen LogP contribution in [0.2, 0.25) is 0 Å². The highest BCUT2D eigenvalue weighted by Gasteiger charge is 2.23. The SMILES string of the molecule is Cn1cc(C(=O)NC(CCC(C)(C)C)C(=O)O)ccc1=O. The first kappa shape index (κ1) is 16.9. The summed E-state index contributed by atoms with van der Waals surface area (Å²) in [4.78, 5) is 34.6. The first-order valence-electron chi connectivity index (χ1n) is 6.80. The maximum Gasteiger partial charge on any atom is 0.326 e. The summed E-state index contributed by atoms with van der Waals surface area (Å²) >= 11 is 0. The second kappa shape index (κ2) is 6.56. The molecule has 6 heteroatoms. The van der Waals surface area contributed by atoms with Crippen LogP contribution in [0.1, 0.15) is 44.0 Å². The molecular formula is C15H22N2O4. The van der Waals surface area contributed by atoms with Gasteiger partial charge in [0.1, 0.15) is 6.04 Å². The molecule has 116 valence electrons. The van der Waals surface area contributed by atoms with Crippen LogP contribution in [0.4, 0.5) is 0 Å². The predicted octanol–water partition coefficient (Wildman–Crippen LogP) is 1.39. The highest BCUT2D eigenvalue weighted by molar-refractivity contribution is 5.96. The fourth-order valence-corrected chi connectivity index (χ4v) is 1.80. The number of pyridine rings is 1. The highest BCUT2D eigenvalue weighted by Crippen LogP contribution is 2.21. The van der Waals surface area contributed by atoms with Crippen molar-refractivity contribution in [3.05, 3.63) is 34.2 Å². The fraction of sp³-hybridized carbons (Fsp3) is 0.533. The number of aliphatic carboxylic acids is 1. The predicted molar refractivity (Wildman–Crippen MR) is 79.3 cm³/mol. The number of rotatable bonds is 5. The Morgan fingerprint density at radius 2 is 1.95 bits per heavy atom. The zero-order chi connectivity index (χ0) is 16.2. The van der Waals surface area contributed by atoms with Gasteiger partial charge in [-0.1, -0.05) is 20.8 Å². The van der Waals surface area contributed by atoms with E-state index in [0.717, 1.165) is 0 Å². The summed E-state index contributed by atoms with van der Waals surface area (Å²) in [5.74, 6) is -1.55. The van der Waals surface area contributed by atoms with Crippen molar-refractivity contribution in [3.8, 4) is 0 Å². The molecule has 6 nitrogen and oxygen atoms in total. The second-order valence-electron chi connectivity index (χ2n) is 6.33. The molecule has 21 heavy (non-hydrogen) atoms. The minimum Gasteiger partial charge on any atom is -0.480 e. The lowest BCUT2D eigenvalue weighted by Crippen LogP contribution is -2.41. The van der Waals surface area contributed by atoms with Gasteiger partial charge in [-0.15, -0.1) is 0 Å². The van der Waals surface area contributed by atoms with E-state index in [1.54, 1.807) is 0 Å². The van der Waals surface area contributed by atoms with Crippen LogP contribution in [-0.2, 0) is 11.8 Å². The van der Waals surface area contributed by atoms with Gasteiger partial charge in [0.15, 0.2) is 0 Å². The molecule has 0 aliphatic rings. The monoisotopic (exact) mass is 294 g/mol. The van der Waals surface area contributed by atoms with Crippen molar-refractivity contribution in [2.45, 2.75) is 39.7 Å². The van der Waals surface area contributed by atoms with Gasteiger partial charge in [-0.05, 0) is 24.3 Å². The van der Waals surface area contributed by atoms with Gasteiger partial charge in [0.05, 0.1) is 5.56 Å². The molecule has 0 saturated heterocycles. The normalized spacial score (nSPS) is 12.8. The molecule has 0 aliphatic heterocycles. The standard InChI is InChI=1S/C15H22N2O4/c1-15(2,3)8-7-11(14(20)21)16-13(19)10-5-6-12(18)17(4)9-10/h5-6,9,11H,7-8H2,1-4H3,(H,16,19)(H,20,21). The number of aryl methyl sites for hydroxylation is 1. The molecule has 1 heterocycles. The molecule has 0 bridgehead atoms. The van der Waals surface area contributed by atoms with E-state index in [4.69, 9.17) is 0 Å². The van der Waals surface area contributed by atoms with Crippen LogP contribution in [0.25, 0.3) is 0 Å². The van der Waals surface area contributed by atoms with E-state index in [1.807, 2.05) is 20.8 Å². The van der Waals surface area contributed by atoms with Crippen LogP contribution in [0, 0.1) is 5.41 Å². The Morgan fingerprint density at radius 3 is 2.43 bits per heavy atom. The number of hydrogen-bond donors (Lipinski definition) is 2. The van der Waals surface area contributed by atoms with Gasteiger partial charge in [0.2, 0.25) is 5.56 Å². The van der Waals surface area contributed by atoms with Crippen LogP contribution in [-0.4, -0.2) is 27.6 Å². The summed E-state index contributed by atoms with van der Waals surface area (Å²) in [5.41, 5.74) is 0.0305. The van der Waals surface area contributed by atoms with E-state index in [2.05, 4.69) is 5.32 Å². The van der Waals surface area contributed by atoms with Crippen molar-refractivity contribution in [2.24, 2.45) is 12.5 Å². The highest BCUT2D eigenvalue weighted by atomic mass is 16.4. The van der Waals surface area contributed by atoms with E-state index in [0.29, 0.717) is 12.8 Å². The molecular weight excluding hydrogens is 272 g/mol. The van der Waals surface area contributed by atoms with Crippen molar-refractivity contribution in [2.75, 3.05) is 0 Å². The van der Waals surface area contributed by atoms with E-state index < -0.39 is 17.9 Å². The third kappa shape index (κ3) is 5.41. The summed E-state index contributed by atoms with van der Waals surface area (Å²) in [6.07, 6.45) is 2.42. The Morgan fingerprint density at radius 1 is 1.33 bits per heavy atom. The molecule has 0 saturated carbocycles. The Labute approximate surface area is 123 Å². The van der Waals surface area contributed by atoms with E-state index in [-0.39, 0.29) is 16.5 Å². The lowest BCUT2D eigenvalue weighted by molar-refractivity contribution is -0.139. The Kier molecular flexibility index (Phi) is 5.29. The number of amides is 1. The maximum absolute atomic E-state index is 12.1. The largest absolute Gasteiger partial charge is 0.480 e. The van der Waals surface area contributed by atoms with Crippen LogP contribution < -0.4 is 10.9 Å². The molecule has 0 aromatic carbocycles. The van der Waals surface area contributed by atoms with Crippen molar-refractivity contribution in [1.82, 2.24) is 9.88 Å². The average Bonchev–Trinajstić information content (AvgIpc) is 2.36. The molecule has 0 fully saturated rings. The minimum atomic E-state index is -1.06. The zero-order valence-corrected chi connectivity index (χ0v) is 12.8. The number of carbonyl (C=O) groups is 2. The molecule has 1 unspecified atom stereocenters. The first-order valence-corrected chi connectivity index (χ1v) is 6.80. The van der Waals surface area contributed by atoms with Crippen LogP contribution in [0.15, 0.2) is 23.1 Å². The van der Waals surface area contributed by atoms with Gasteiger partial charge in [-0.2, -0.15) is 0 Å². The number of nitrogens with zero attached hydrogens (tertiary/aromatic N) is 1. The zero-order valence-electron chi connectivity index (χ0n) is 12.8. The molecule has 1 atom stereocenters. The fourth-order valence-electron chi connectivity index (χ4n) is 1.80. The van der Waals surface area contributed by atoms with Gasteiger partial charge < -0.3 is 15.0 Å².